The van der Waals surface area contributed by atoms with Crippen molar-refractivity contribution in [3.8, 4) is 11.4 Å². The Bertz CT molecular complexity index is 1180. The van der Waals surface area contributed by atoms with Crippen molar-refractivity contribution in [2.75, 3.05) is 7.11 Å². The number of nitrogens with one attached hydrogen (secondary N) is 2. The van der Waals surface area contributed by atoms with E-state index in [0.29, 0.717) is 17.0 Å². The summed E-state index contributed by atoms with van der Waals surface area (Å²) in [7, 11) is 1.37. The van der Waals surface area contributed by atoms with Crippen molar-refractivity contribution in [2.45, 2.75) is 44.1 Å². The topological polar surface area (TPSA) is 84.1 Å². The van der Waals surface area contributed by atoms with Gasteiger partial charge in [0.15, 0.2) is 0 Å². The Morgan fingerprint density at radius 3 is 2.22 bits per heavy atom. The molecule has 4 saturated carbocycles. The van der Waals surface area contributed by atoms with Gasteiger partial charge in [0.1, 0.15) is 5.82 Å². The van der Waals surface area contributed by atoms with Crippen LogP contribution in [0.4, 0.5) is 0 Å². The summed E-state index contributed by atoms with van der Waals surface area (Å²) in [5, 5.41) is 3.45. The minimum atomic E-state index is -0.365. The van der Waals surface area contributed by atoms with Crippen molar-refractivity contribution in [1.82, 2.24) is 15.3 Å². The number of imidazole rings is 1. The van der Waals surface area contributed by atoms with E-state index in [-0.39, 0.29) is 17.4 Å². The first-order valence-corrected chi connectivity index (χ1v) is 11.5. The molecular weight excluding hydrogens is 402 g/mol. The number of aromatic nitrogens is 2. The number of benzene rings is 2. The Hall–Kier alpha value is -3.15. The summed E-state index contributed by atoms with van der Waals surface area (Å²) in [6.07, 6.45) is 7.50. The number of aromatic amines is 1. The van der Waals surface area contributed by atoms with E-state index >= 15 is 0 Å². The van der Waals surface area contributed by atoms with Crippen LogP contribution in [0.3, 0.4) is 0 Å². The maximum Gasteiger partial charge on any atom is 0.337 e. The summed E-state index contributed by atoms with van der Waals surface area (Å²) in [4.78, 5) is 32.8. The van der Waals surface area contributed by atoms with E-state index in [4.69, 9.17) is 4.74 Å². The third-order valence-corrected chi connectivity index (χ3v) is 7.74. The number of methoxy groups -OCH3 is 1. The summed E-state index contributed by atoms with van der Waals surface area (Å²) in [5.41, 5.74) is 3.67. The average Bonchev–Trinajstić information content (AvgIpc) is 3.21. The van der Waals surface area contributed by atoms with Gasteiger partial charge < -0.3 is 15.0 Å². The lowest BCUT2D eigenvalue weighted by Crippen LogP contribution is -2.59. The van der Waals surface area contributed by atoms with Crippen molar-refractivity contribution in [1.29, 1.82) is 0 Å². The van der Waals surface area contributed by atoms with Gasteiger partial charge in [-0.3, -0.25) is 4.79 Å². The molecule has 2 aromatic carbocycles. The summed E-state index contributed by atoms with van der Waals surface area (Å²) in [6.45, 7) is 0. The Labute approximate surface area is 186 Å². The third kappa shape index (κ3) is 3.29. The molecule has 0 aliphatic heterocycles. The highest BCUT2D eigenvalue weighted by atomic mass is 16.5. The molecule has 4 aliphatic carbocycles. The highest BCUT2D eigenvalue weighted by molar-refractivity contribution is 5.98. The van der Waals surface area contributed by atoms with Gasteiger partial charge in [-0.15, -0.1) is 0 Å². The van der Waals surface area contributed by atoms with Crippen LogP contribution in [0.5, 0.6) is 0 Å². The number of esters is 1. The van der Waals surface area contributed by atoms with Gasteiger partial charge >= 0.3 is 5.97 Å². The van der Waals surface area contributed by atoms with Crippen LogP contribution >= 0.6 is 0 Å². The van der Waals surface area contributed by atoms with Crippen LogP contribution in [0.1, 0.15) is 59.2 Å². The smallest absolute Gasteiger partial charge is 0.337 e. The molecule has 1 heterocycles. The molecule has 3 aromatic rings. The van der Waals surface area contributed by atoms with Crippen molar-refractivity contribution in [2.24, 2.45) is 17.8 Å². The number of carbonyl (C=O) groups excluding carboxylic acids is 2. The lowest BCUT2D eigenvalue weighted by Gasteiger charge is -2.56. The highest BCUT2D eigenvalue weighted by Crippen LogP contribution is 2.55. The monoisotopic (exact) mass is 429 g/mol. The highest BCUT2D eigenvalue weighted by Gasteiger charge is 2.51. The number of ether oxygens (including phenoxy) is 1. The SMILES string of the molecule is COC(=O)c1ccc(-c2nc3ccc(C(=O)NC45CC6CC(CC(C6)C4)C5)cc3[nH]2)cc1. The molecule has 4 bridgehead atoms. The Morgan fingerprint density at radius 1 is 0.969 bits per heavy atom. The van der Waals surface area contributed by atoms with E-state index in [0.717, 1.165) is 53.6 Å². The number of carbonyl (C=O) groups is 2. The fraction of sp³-hybridized carbons (Fsp3) is 0.423. The molecule has 0 radical (unpaired) electrons. The zero-order valence-electron chi connectivity index (χ0n) is 18.2. The number of H-pyrrole nitrogens is 1. The molecular formula is C26H27N3O3. The van der Waals surface area contributed by atoms with Crippen molar-refractivity contribution in [3.05, 3.63) is 53.6 Å². The van der Waals surface area contributed by atoms with Crippen molar-refractivity contribution < 1.29 is 14.3 Å². The predicted octanol–water partition coefficient (Wildman–Crippen LogP) is 4.72. The Morgan fingerprint density at radius 2 is 1.59 bits per heavy atom. The number of hydrogen-bond acceptors (Lipinski definition) is 4. The molecule has 4 aliphatic rings. The molecule has 0 unspecified atom stereocenters. The van der Waals surface area contributed by atoms with Crippen LogP contribution in [0.25, 0.3) is 22.4 Å². The second kappa shape index (κ2) is 7.19. The molecule has 32 heavy (non-hydrogen) atoms. The third-order valence-electron chi connectivity index (χ3n) is 7.74. The summed E-state index contributed by atoms with van der Waals surface area (Å²) >= 11 is 0. The maximum atomic E-state index is 13.2. The van der Waals surface area contributed by atoms with Gasteiger partial charge in [0.05, 0.1) is 23.7 Å². The van der Waals surface area contributed by atoms with E-state index < -0.39 is 0 Å². The van der Waals surface area contributed by atoms with E-state index in [1.165, 1.54) is 26.4 Å². The molecule has 2 N–H and O–H groups in total. The lowest BCUT2D eigenvalue weighted by molar-refractivity contribution is -0.0167. The molecule has 6 nitrogen and oxygen atoms in total. The van der Waals surface area contributed by atoms with Gasteiger partial charge in [-0.2, -0.15) is 0 Å². The number of nitrogens with zero attached hydrogens (tertiary/aromatic N) is 1. The van der Waals surface area contributed by atoms with Crippen molar-refractivity contribution >= 4 is 22.9 Å². The van der Waals surface area contributed by atoms with Gasteiger partial charge in [-0.05, 0) is 86.6 Å². The van der Waals surface area contributed by atoms with Crippen LogP contribution in [-0.4, -0.2) is 34.5 Å². The second-order valence-electron chi connectivity index (χ2n) is 10.0. The number of rotatable bonds is 4. The molecule has 7 rings (SSSR count). The first-order valence-electron chi connectivity index (χ1n) is 11.5. The molecule has 0 saturated heterocycles. The maximum absolute atomic E-state index is 13.2. The van der Waals surface area contributed by atoms with E-state index in [1.54, 1.807) is 12.1 Å². The molecule has 164 valence electrons. The van der Waals surface area contributed by atoms with E-state index in [1.807, 2.05) is 30.3 Å². The van der Waals surface area contributed by atoms with E-state index in [2.05, 4.69) is 15.3 Å². The van der Waals surface area contributed by atoms with Gasteiger partial charge in [-0.1, -0.05) is 12.1 Å². The van der Waals surface area contributed by atoms with Crippen LogP contribution in [0.2, 0.25) is 0 Å². The van der Waals surface area contributed by atoms with Gasteiger partial charge in [0, 0.05) is 16.7 Å². The van der Waals surface area contributed by atoms with Crippen LogP contribution in [0.15, 0.2) is 42.5 Å². The number of amides is 1. The van der Waals surface area contributed by atoms with Crippen LogP contribution < -0.4 is 5.32 Å². The minimum absolute atomic E-state index is 0.00131. The first kappa shape index (κ1) is 19.5. The number of fused-ring (bicyclic) bond motifs is 1. The molecule has 6 heteroatoms. The lowest BCUT2D eigenvalue weighted by atomic mass is 9.53. The standard InChI is InChI=1S/C26H27N3O3/c1-32-25(31)19-4-2-18(3-5-19)23-27-21-7-6-20(11-22(21)28-23)24(30)29-26-12-15-8-16(13-26)10-17(9-15)14-26/h2-7,11,15-17H,8-10,12-14H2,1H3,(H,27,28)(H,29,30). The first-order chi connectivity index (χ1) is 15.5. The van der Waals surface area contributed by atoms with Gasteiger partial charge in [0.2, 0.25) is 0 Å². The largest absolute Gasteiger partial charge is 0.465 e. The average molecular weight is 430 g/mol. The Kier molecular flexibility index (Phi) is 4.39. The molecule has 1 aromatic heterocycles. The van der Waals surface area contributed by atoms with Crippen molar-refractivity contribution in [3.63, 3.8) is 0 Å². The van der Waals surface area contributed by atoms with Crippen LogP contribution in [0, 0.1) is 17.8 Å². The second-order valence-corrected chi connectivity index (χ2v) is 10.0. The molecule has 4 fully saturated rings. The summed E-state index contributed by atoms with van der Waals surface area (Å²) in [6, 6.07) is 12.8. The molecule has 1 amide bonds. The zero-order chi connectivity index (χ0) is 21.9. The molecule has 0 spiro atoms. The Balaban J connectivity index is 1.23. The zero-order valence-corrected chi connectivity index (χ0v) is 18.2. The summed E-state index contributed by atoms with van der Waals surface area (Å²) < 4.78 is 4.75. The normalized spacial score (nSPS) is 28.1. The minimum Gasteiger partial charge on any atom is -0.465 e. The molecule has 0 atom stereocenters. The number of hydrogen-bond donors (Lipinski definition) is 2. The fourth-order valence-corrected chi connectivity index (χ4v) is 6.75. The van der Waals surface area contributed by atoms with E-state index in [9.17, 15) is 9.59 Å². The summed E-state index contributed by atoms with van der Waals surface area (Å²) in [5.74, 6) is 2.75. The van der Waals surface area contributed by atoms with Gasteiger partial charge in [0.25, 0.3) is 5.91 Å². The van der Waals surface area contributed by atoms with Gasteiger partial charge in [-0.25, -0.2) is 9.78 Å². The quantitative estimate of drug-likeness (QED) is 0.588. The van der Waals surface area contributed by atoms with Crippen LogP contribution in [-0.2, 0) is 4.74 Å². The predicted molar refractivity (Wildman–Crippen MR) is 121 cm³/mol. The fourth-order valence-electron chi connectivity index (χ4n) is 6.75.